The Morgan fingerprint density at radius 1 is 1.41 bits per heavy atom. The molecule has 1 rings (SSSR count). The van der Waals surface area contributed by atoms with Crippen molar-refractivity contribution in [3.8, 4) is 0 Å². The third-order valence-electron chi connectivity index (χ3n) is 2.95. The number of aliphatic hydroxyl groups is 1. The van der Waals surface area contributed by atoms with E-state index < -0.39 is 0 Å². The van der Waals surface area contributed by atoms with Crippen molar-refractivity contribution in [2.75, 3.05) is 13.2 Å². The summed E-state index contributed by atoms with van der Waals surface area (Å²) in [5, 5.41) is 14.9. The molecule has 1 aliphatic carbocycles. The highest BCUT2D eigenvalue weighted by molar-refractivity contribution is 5.74. The summed E-state index contributed by atoms with van der Waals surface area (Å²) in [6, 6.07) is -0.315. The van der Waals surface area contributed by atoms with Crippen LogP contribution >= 0.6 is 0 Å². The molecule has 2 amide bonds. The lowest BCUT2D eigenvalue weighted by Gasteiger charge is -2.25. The molecule has 0 spiro atoms. The van der Waals surface area contributed by atoms with Gasteiger partial charge in [0.05, 0.1) is 12.6 Å². The van der Waals surface area contributed by atoms with Crippen LogP contribution in [0.25, 0.3) is 0 Å². The SMILES string of the molecule is CC(C)(C)CC(CO)NC(=O)NCCC1CC1. The summed E-state index contributed by atoms with van der Waals surface area (Å²) in [7, 11) is 0. The minimum absolute atomic E-state index is 0.00663. The number of hydrogen-bond acceptors (Lipinski definition) is 2. The average molecular weight is 242 g/mol. The van der Waals surface area contributed by atoms with Gasteiger partial charge in [-0.15, -0.1) is 0 Å². The molecule has 1 aliphatic rings. The first kappa shape index (κ1) is 14.3. The van der Waals surface area contributed by atoms with Gasteiger partial charge in [0.1, 0.15) is 0 Å². The van der Waals surface area contributed by atoms with Gasteiger partial charge in [-0.3, -0.25) is 0 Å². The van der Waals surface area contributed by atoms with Gasteiger partial charge in [0.15, 0.2) is 0 Å². The molecule has 3 N–H and O–H groups in total. The van der Waals surface area contributed by atoms with Crippen LogP contribution in [0.2, 0.25) is 0 Å². The van der Waals surface area contributed by atoms with Crippen molar-refractivity contribution in [1.29, 1.82) is 0 Å². The van der Waals surface area contributed by atoms with Crippen molar-refractivity contribution in [3.05, 3.63) is 0 Å². The fourth-order valence-corrected chi connectivity index (χ4v) is 1.93. The Morgan fingerprint density at radius 2 is 2.06 bits per heavy atom. The molecule has 0 saturated heterocycles. The highest BCUT2D eigenvalue weighted by atomic mass is 16.3. The van der Waals surface area contributed by atoms with E-state index in [1.54, 1.807) is 0 Å². The third kappa shape index (κ3) is 7.21. The monoisotopic (exact) mass is 242 g/mol. The van der Waals surface area contributed by atoms with Gasteiger partial charge in [-0.2, -0.15) is 0 Å². The number of rotatable bonds is 6. The molecule has 1 saturated carbocycles. The van der Waals surface area contributed by atoms with Crippen LogP contribution in [0.5, 0.6) is 0 Å². The maximum absolute atomic E-state index is 11.6. The van der Waals surface area contributed by atoms with Gasteiger partial charge in [0.25, 0.3) is 0 Å². The van der Waals surface area contributed by atoms with Crippen LogP contribution in [0.3, 0.4) is 0 Å². The highest BCUT2D eigenvalue weighted by Crippen LogP contribution is 2.31. The standard InChI is InChI=1S/C13H26N2O2/c1-13(2,3)8-11(9-16)15-12(17)14-7-6-10-4-5-10/h10-11,16H,4-9H2,1-3H3,(H2,14,15,17). The van der Waals surface area contributed by atoms with Crippen molar-refractivity contribution in [1.82, 2.24) is 10.6 Å². The number of carbonyl (C=O) groups is 1. The summed E-state index contributed by atoms with van der Waals surface area (Å²) in [5.74, 6) is 0.832. The molecule has 100 valence electrons. The van der Waals surface area contributed by atoms with Crippen LogP contribution in [-0.2, 0) is 0 Å². The van der Waals surface area contributed by atoms with Gasteiger partial charge < -0.3 is 15.7 Å². The predicted molar refractivity (Wildman–Crippen MR) is 68.8 cm³/mol. The molecular formula is C13H26N2O2. The van der Waals surface area contributed by atoms with Crippen LogP contribution in [0.1, 0.15) is 46.5 Å². The maximum atomic E-state index is 11.6. The van der Waals surface area contributed by atoms with E-state index in [-0.39, 0.29) is 24.1 Å². The fraction of sp³-hybridized carbons (Fsp3) is 0.923. The number of carbonyl (C=O) groups excluding carboxylic acids is 1. The molecule has 0 aromatic carbocycles. The van der Waals surface area contributed by atoms with Crippen LogP contribution in [0, 0.1) is 11.3 Å². The number of urea groups is 1. The Balaban J connectivity index is 2.16. The van der Waals surface area contributed by atoms with Crippen molar-refractivity contribution < 1.29 is 9.90 Å². The molecule has 0 radical (unpaired) electrons. The molecule has 0 aromatic heterocycles. The molecule has 1 fully saturated rings. The summed E-state index contributed by atoms with van der Waals surface area (Å²) in [5.41, 5.74) is 0.106. The van der Waals surface area contributed by atoms with E-state index in [1.165, 1.54) is 12.8 Å². The Hall–Kier alpha value is -0.770. The zero-order chi connectivity index (χ0) is 12.9. The first-order chi connectivity index (χ1) is 7.90. The summed E-state index contributed by atoms with van der Waals surface area (Å²) < 4.78 is 0. The van der Waals surface area contributed by atoms with Gasteiger partial charge in [-0.05, 0) is 24.2 Å². The Morgan fingerprint density at radius 3 is 2.53 bits per heavy atom. The largest absolute Gasteiger partial charge is 0.394 e. The lowest BCUT2D eigenvalue weighted by atomic mass is 9.88. The summed E-state index contributed by atoms with van der Waals surface area (Å²) in [4.78, 5) is 11.6. The zero-order valence-corrected chi connectivity index (χ0v) is 11.3. The van der Waals surface area contributed by atoms with Crippen molar-refractivity contribution >= 4 is 6.03 Å². The minimum Gasteiger partial charge on any atom is -0.394 e. The average Bonchev–Trinajstić information content (AvgIpc) is 2.98. The lowest BCUT2D eigenvalue weighted by molar-refractivity contribution is 0.191. The van der Waals surface area contributed by atoms with Gasteiger partial charge in [-0.25, -0.2) is 4.79 Å². The Kier molecular flexibility index (Phi) is 5.25. The molecule has 0 bridgehead atoms. The molecule has 4 nitrogen and oxygen atoms in total. The molecule has 0 heterocycles. The van der Waals surface area contributed by atoms with Crippen LogP contribution < -0.4 is 10.6 Å². The smallest absolute Gasteiger partial charge is 0.315 e. The van der Waals surface area contributed by atoms with E-state index in [9.17, 15) is 9.90 Å². The molecule has 0 aromatic rings. The number of nitrogens with one attached hydrogen (secondary N) is 2. The van der Waals surface area contributed by atoms with E-state index in [2.05, 4.69) is 31.4 Å². The van der Waals surface area contributed by atoms with Gasteiger partial charge in [-0.1, -0.05) is 33.6 Å². The molecule has 17 heavy (non-hydrogen) atoms. The van der Waals surface area contributed by atoms with Crippen molar-refractivity contribution in [2.45, 2.75) is 52.5 Å². The zero-order valence-electron chi connectivity index (χ0n) is 11.3. The third-order valence-corrected chi connectivity index (χ3v) is 2.95. The van der Waals surface area contributed by atoms with E-state index >= 15 is 0 Å². The molecule has 4 heteroatoms. The van der Waals surface area contributed by atoms with Crippen molar-refractivity contribution in [2.24, 2.45) is 11.3 Å². The van der Waals surface area contributed by atoms with E-state index in [0.29, 0.717) is 0 Å². The van der Waals surface area contributed by atoms with Crippen LogP contribution in [0.15, 0.2) is 0 Å². The van der Waals surface area contributed by atoms with Gasteiger partial charge >= 0.3 is 6.03 Å². The topological polar surface area (TPSA) is 61.4 Å². The van der Waals surface area contributed by atoms with Gasteiger partial charge in [0, 0.05) is 6.54 Å². The van der Waals surface area contributed by atoms with E-state index in [1.807, 2.05) is 0 Å². The Bertz CT molecular complexity index is 244. The number of amides is 2. The second-order valence-corrected chi connectivity index (χ2v) is 6.28. The quantitative estimate of drug-likeness (QED) is 0.666. The molecular weight excluding hydrogens is 216 g/mol. The minimum atomic E-state index is -0.158. The lowest BCUT2D eigenvalue weighted by Crippen LogP contribution is -2.45. The number of hydrogen-bond donors (Lipinski definition) is 3. The van der Waals surface area contributed by atoms with E-state index in [0.717, 1.165) is 25.3 Å². The first-order valence-corrected chi connectivity index (χ1v) is 6.56. The Labute approximate surface area is 104 Å². The highest BCUT2D eigenvalue weighted by Gasteiger charge is 2.22. The van der Waals surface area contributed by atoms with Crippen LogP contribution in [-0.4, -0.2) is 30.3 Å². The summed E-state index contributed by atoms with van der Waals surface area (Å²) in [6.45, 7) is 7.03. The maximum Gasteiger partial charge on any atom is 0.315 e. The second-order valence-electron chi connectivity index (χ2n) is 6.28. The van der Waals surface area contributed by atoms with Gasteiger partial charge in [0.2, 0.25) is 0 Å². The van der Waals surface area contributed by atoms with Crippen molar-refractivity contribution in [3.63, 3.8) is 0 Å². The first-order valence-electron chi connectivity index (χ1n) is 6.56. The fourth-order valence-electron chi connectivity index (χ4n) is 1.93. The molecule has 1 unspecified atom stereocenters. The molecule has 1 atom stereocenters. The number of aliphatic hydroxyl groups excluding tert-OH is 1. The predicted octanol–water partition coefficient (Wildman–Crippen LogP) is 1.88. The summed E-state index contributed by atoms with van der Waals surface area (Å²) in [6.07, 6.45) is 4.48. The normalized spacial score (nSPS) is 17.6. The summed E-state index contributed by atoms with van der Waals surface area (Å²) >= 11 is 0. The van der Waals surface area contributed by atoms with Crippen LogP contribution in [0.4, 0.5) is 4.79 Å². The second kappa shape index (κ2) is 6.24. The molecule has 0 aliphatic heterocycles. The van der Waals surface area contributed by atoms with E-state index in [4.69, 9.17) is 0 Å².